The van der Waals surface area contributed by atoms with Crippen LogP contribution in [0.3, 0.4) is 0 Å². The standard InChI is InChI=1S/C21H31FN4O2/c22-18-2-4-19(5-3-18)25-12-10-24(11-13-25)9-8-23-20(27)21(6-1-7-21)26-14-16-28-17-15-26/h2-5H,1,6-17H2,(H,23,27). The van der Waals surface area contributed by atoms with Gasteiger partial charge in [0.25, 0.3) is 0 Å². The van der Waals surface area contributed by atoms with Gasteiger partial charge in [-0.3, -0.25) is 14.6 Å². The van der Waals surface area contributed by atoms with Gasteiger partial charge >= 0.3 is 0 Å². The van der Waals surface area contributed by atoms with E-state index >= 15 is 0 Å². The van der Waals surface area contributed by atoms with Crippen LogP contribution in [0.1, 0.15) is 19.3 Å². The van der Waals surface area contributed by atoms with Gasteiger partial charge in [0, 0.05) is 58.0 Å². The van der Waals surface area contributed by atoms with Crippen LogP contribution in [0.4, 0.5) is 10.1 Å². The quantitative estimate of drug-likeness (QED) is 0.794. The lowest BCUT2D eigenvalue weighted by Gasteiger charge is -2.50. The van der Waals surface area contributed by atoms with Crippen molar-refractivity contribution < 1.29 is 13.9 Å². The lowest BCUT2D eigenvalue weighted by atomic mass is 9.74. The highest BCUT2D eigenvalue weighted by molar-refractivity contribution is 5.87. The Labute approximate surface area is 166 Å². The number of anilines is 1. The number of halogens is 1. The maximum Gasteiger partial charge on any atom is 0.240 e. The first-order valence-corrected chi connectivity index (χ1v) is 10.5. The molecule has 0 aromatic heterocycles. The van der Waals surface area contributed by atoms with Crippen molar-refractivity contribution in [2.24, 2.45) is 0 Å². The Morgan fingerprint density at radius 1 is 1.04 bits per heavy atom. The molecule has 0 bridgehead atoms. The van der Waals surface area contributed by atoms with Crippen LogP contribution >= 0.6 is 0 Å². The molecule has 1 aromatic rings. The van der Waals surface area contributed by atoms with E-state index in [1.807, 2.05) is 12.1 Å². The van der Waals surface area contributed by atoms with Gasteiger partial charge in [0.1, 0.15) is 11.4 Å². The van der Waals surface area contributed by atoms with E-state index in [0.29, 0.717) is 6.54 Å². The Morgan fingerprint density at radius 3 is 2.32 bits per heavy atom. The van der Waals surface area contributed by atoms with E-state index in [9.17, 15) is 9.18 Å². The fourth-order valence-corrected chi connectivity index (χ4v) is 4.56. The van der Waals surface area contributed by atoms with Crippen molar-refractivity contribution in [2.45, 2.75) is 24.8 Å². The second-order valence-corrected chi connectivity index (χ2v) is 8.05. The molecular weight excluding hydrogens is 359 g/mol. The first kappa shape index (κ1) is 19.6. The van der Waals surface area contributed by atoms with Crippen LogP contribution in [-0.4, -0.2) is 86.8 Å². The molecule has 7 heteroatoms. The van der Waals surface area contributed by atoms with Gasteiger partial charge in [0.2, 0.25) is 5.91 Å². The predicted octanol–water partition coefficient (Wildman–Crippen LogP) is 1.32. The third kappa shape index (κ3) is 4.16. The molecule has 1 aromatic carbocycles. The van der Waals surface area contributed by atoms with Crippen LogP contribution < -0.4 is 10.2 Å². The summed E-state index contributed by atoms with van der Waals surface area (Å²) in [4.78, 5) is 19.9. The minimum atomic E-state index is -0.287. The van der Waals surface area contributed by atoms with Crippen LogP contribution in [0.2, 0.25) is 0 Å². The minimum Gasteiger partial charge on any atom is -0.379 e. The van der Waals surface area contributed by atoms with Crippen LogP contribution in [0, 0.1) is 5.82 Å². The molecule has 1 saturated carbocycles. The maximum absolute atomic E-state index is 13.1. The second kappa shape index (κ2) is 8.76. The molecule has 2 saturated heterocycles. The predicted molar refractivity (Wildman–Crippen MR) is 107 cm³/mol. The van der Waals surface area contributed by atoms with Crippen LogP contribution in [0.25, 0.3) is 0 Å². The molecule has 3 aliphatic rings. The van der Waals surface area contributed by atoms with Crippen molar-refractivity contribution in [1.29, 1.82) is 0 Å². The summed E-state index contributed by atoms with van der Waals surface area (Å²) in [5, 5.41) is 3.20. The van der Waals surface area contributed by atoms with Gasteiger partial charge in [0.15, 0.2) is 0 Å². The number of nitrogens with zero attached hydrogens (tertiary/aromatic N) is 3. The molecule has 3 fully saturated rings. The average Bonchev–Trinajstić information content (AvgIpc) is 2.69. The first-order chi connectivity index (χ1) is 13.7. The van der Waals surface area contributed by atoms with E-state index < -0.39 is 0 Å². The molecule has 0 unspecified atom stereocenters. The highest BCUT2D eigenvalue weighted by Crippen LogP contribution is 2.38. The molecular formula is C21H31FN4O2. The molecule has 1 N–H and O–H groups in total. The molecule has 1 amide bonds. The summed E-state index contributed by atoms with van der Waals surface area (Å²) >= 11 is 0. The largest absolute Gasteiger partial charge is 0.379 e. The van der Waals surface area contributed by atoms with Gasteiger partial charge in [-0.25, -0.2) is 4.39 Å². The smallest absolute Gasteiger partial charge is 0.240 e. The highest BCUT2D eigenvalue weighted by Gasteiger charge is 2.48. The van der Waals surface area contributed by atoms with E-state index in [1.54, 1.807) is 0 Å². The Balaban J connectivity index is 1.20. The third-order valence-electron chi connectivity index (χ3n) is 6.50. The SMILES string of the molecule is O=C(NCCN1CCN(c2ccc(F)cc2)CC1)C1(N2CCOCC2)CCC1. The van der Waals surface area contributed by atoms with Gasteiger partial charge < -0.3 is 15.0 Å². The molecule has 2 aliphatic heterocycles. The molecule has 0 spiro atoms. The number of benzene rings is 1. The van der Waals surface area contributed by atoms with Gasteiger partial charge in [-0.15, -0.1) is 0 Å². The second-order valence-electron chi connectivity index (χ2n) is 8.05. The van der Waals surface area contributed by atoms with Gasteiger partial charge in [0.05, 0.1) is 13.2 Å². The molecule has 6 nitrogen and oxygen atoms in total. The topological polar surface area (TPSA) is 48.1 Å². The number of ether oxygens (including phenoxy) is 1. The van der Waals surface area contributed by atoms with E-state index in [2.05, 4.69) is 20.0 Å². The molecule has 154 valence electrons. The summed E-state index contributed by atoms with van der Waals surface area (Å²) in [5.41, 5.74) is 0.789. The Hall–Kier alpha value is -1.70. The zero-order valence-electron chi connectivity index (χ0n) is 16.5. The number of amides is 1. The van der Waals surface area contributed by atoms with E-state index in [0.717, 1.165) is 84.0 Å². The van der Waals surface area contributed by atoms with Gasteiger partial charge in [-0.2, -0.15) is 0 Å². The summed E-state index contributed by atoms with van der Waals surface area (Å²) in [6, 6.07) is 6.72. The lowest BCUT2D eigenvalue weighted by molar-refractivity contribution is -0.144. The number of nitrogens with one attached hydrogen (secondary N) is 1. The van der Waals surface area contributed by atoms with Crippen LogP contribution in [0.15, 0.2) is 24.3 Å². The van der Waals surface area contributed by atoms with Gasteiger partial charge in [-0.05, 0) is 43.5 Å². The van der Waals surface area contributed by atoms with Crippen molar-refractivity contribution in [3.8, 4) is 0 Å². The summed E-state index contributed by atoms with van der Waals surface area (Å²) in [7, 11) is 0. The zero-order valence-corrected chi connectivity index (χ0v) is 16.5. The number of carbonyl (C=O) groups is 1. The average molecular weight is 391 g/mol. The molecule has 4 rings (SSSR count). The van der Waals surface area contributed by atoms with Gasteiger partial charge in [-0.1, -0.05) is 0 Å². The van der Waals surface area contributed by atoms with Crippen LogP contribution in [-0.2, 0) is 9.53 Å². The number of carbonyl (C=O) groups excluding carboxylic acids is 1. The number of hydrogen-bond acceptors (Lipinski definition) is 5. The van der Waals surface area contributed by atoms with Crippen molar-refractivity contribution in [1.82, 2.24) is 15.1 Å². The molecule has 0 radical (unpaired) electrons. The summed E-state index contributed by atoms with van der Waals surface area (Å²) < 4.78 is 18.5. The zero-order chi connectivity index (χ0) is 19.4. The maximum atomic E-state index is 13.1. The molecule has 0 atom stereocenters. The highest BCUT2D eigenvalue weighted by atomic mass is 19.1. The number of hydrogen-bond donors (Lipinski definition) is 1. The van der Waals surface area contributed by atoms with Crippen molar-refractivity contribution in [3.05, 3.63) is 30.1 Å². The van der Waals surface area contributed by atoms with Crippen molar-refractivity contribution in [3.63, 3.8) is 0 Å². The monoisotopic (exact) mass is 390 g/mol. The summed E-state index contributed by atoms with van der Waals surface area (Å²) in [5.74, 6) is 0.00467. The first-order valence-electron chi connectivity index (χ1n) is 10.5. The molecule has 28 heavy (non-hydrogen) atoms. The normalized spacial score (nSPS) is 23.2. The molecule has 2 heterocycles. The summed E-state index contributed by atoms with van der Waals surface area (Å²) in [6.07, 6.45) is 3.07. The Morgan fingerprint density at radius 2 is 1.71 bits per heavy atom. The number of morpholine rings is 1. The van der Waals surface area contributed by atoms with E-state index in [1.165, 1.54) is 12.1 Å². The lowest BCUT2D eigenvalue weighted by Crippen LogP contribution is -2.65. The third-order valence-corrected chi connectivity index (χ3v) is 6.50. The van der Waals surface area contributed by atoms with E-state index in [4.69, 9.17) is 4.74 Å². The Bertz CT molecular complexity index is 651. The summed E-state index contributed by atoms with van der Waals surface area (Å²) in [6.45, 7) is 8.53. The minimum absolute atomic E-state index is 0.195. The van der Waals surface area contributed by atoms with Crippen molar-refractivity contribution in [2.75, 3.05) is 70.5 Å². The number of rotatable bonds is 6. The fourth-order valence-electron chi connectivity index (χ4n) is 4.56. The fraction of sp³-hybridized carbons (Fsp3) is 0.667. The Kier molecular flexibility index (Phi) is 6.13. The van der Waals surface area contributed by atoms with Crippen molar-refractivity contribution >= 4 is 11.6 Å². The molecule has 1 aliphatic carbocycles. The van der Waals surface area contributed by atoms with Crippen LogP contribution in [0.5, 0.6) is 0 Å². The van der Waals surface area contributed by atoms with E-state index in [-0.39, 0.29) is 17.3 Å². The number of piperazine rings is 1.